The van der Waals surface area contributed by atoms with Gasteiger partial charge in [0, 0.05) is 10.9 Å². The molecule has 104 valence electrons. The van der Waals surface area contributed by atoms with E-state index in [1.165, 1.54) is 0 Å². The predicted molar refractivity (Wildman–Crippen MR) is 84.8 cm³/mol. The van der Waals surface area contributed by atoms with Crippen LogP contribution < -0.4 is 4.74 Å². The fourth-order valence-corrected chi connectivity index (χ4v) is 2.30. The first-order chi connectivity index (χ1) is 9.52. The summed E-state index contributed by atoms with van der Waals surface area (Å²) in [5.74, 6) is 1.45. The molecule has 0 bridgehead atoms. The zero-order valence-electron chi connectivity index (χ0n) is 11.9. The van der Waals surface area contributed by atoms with Crippen LogP contribution in [0.25, 0.3) is 0 Å². The Labute approximate surface area is 127 Å². The van der Waals surface area contributed by atoms with E-state index in [-0.39, 0.29) is 5.78 Å². The second kappa shape index (κ2) is 6.23. The molecule has 0 fully saturated rings. The molecule has 2 nitrogen and oxygen atoms in total. The molecule has 2 rings (SSSR count). The maximum atomic E-state index is 11.9. The lowest BCUT2D eigenvalue weighted by Gasteiger charge is -2.12. The van der Waals surface area contributed by atoms with Crippen molar-refractivity contribution < 1.29 is 9.53 Å². The van der Waals surface area contributed by atoms with Crippen molar-refractivity contribution in [2.45, 2.75) is 27.2 Å². The number of carbonyl (C=O) groups excluding carboxylic acids is 1. The average Bonchev–Trinajstić information content (AvgIpc) is 2.44. The molecule has 0 saturated carbocycles. The number of hydrogen-bond donors (Lipinski definition) is 0. The van der Waals surface area contributed by atoms with Crippen molar-refractivity contribution in [3.05, 3.63) is 57.6 Å². The van der Waals surface area contributed by atoms with E-state index >= 15 is 0 Å². The number of ketones is 1. The minimum absolute atomic E-state index is 0.0890. The Morgan fingerprint density at radius 3 is 2.35 bits per heavy atom. The fraction of sp³-hybridized carbons (Fsp3) is 0.235. The first kappa shape index (κ1) is 14.8. The Morgan fingerprint density at radius 1 is 1.15 bits per heavy atom. The van der Waals surface area contributed by atoms with Gasteiger partial charge in [-0.3, -0.25) is 4.79 Å². The molecule has 0 saturated heterocycles. The van der Waals surface area contributed by atoms with Gasteiger partial charge in [0.1, 0.15) is 11.5 Å². The lowest BCUT2D eigenvalue weighted by Crippen LogP contribution is -2.00. The summed E-state index contributed by atoms with van der Waals surface area (Å²) < 4.78 is 6.99. The Hall–Kier alpha value is -1.61. The molecular weight excluding hydrogens is 316 g/mol. The smallest absolute Gasteiger partial charge is 0.166 e. The zero-order valence-corrected chi connectivity index (χ0v) is 13.5. The van der Waals surface area contributed by atoms with Gasteiger partial charge >= 0.3 is 0 Å². The van der Waals surface area contributed by atoms with Crippen molar-refractivity contribution in [3.63, 3.8) is 0 Å². The largest absolute Gasteiger partial charge is 0.457 e. The van der Waals surface area contributed by atoms with Crippen molar-refractivity contribution in [1.82, 2.24) is 0 Å². The highest BCUT2D eigenvalue weighted by Crippen LogP contribution is 2.31. The van der Waals surface area contributed by atoms with Crippen molar-refractivity contribution in [1.29, 1.82) is 0 Å². The van der Waals surface area contributed by atoms with Gasteiger partial charge in [-0.2, -0.15) is 0 Å². The van der Waals surface area contributed by atoms with Crippen molar-refractivity contribution in [2.24, 2.45) is 0 Å². The highest BCUT2D eigenvalue weighted by Gasteiger charge is 2.11. The third kappa shape index (κ3) is 3.10. The molecule has 0 radical (unpaired) electrons. The van der Waals surface area contributed by atoms with E-state index in [2.05, 4.69) is 15.9 Å². The standard InChI is InChI=1S/C17H17BrO2/c1-4-15(19)14-7-5-6-8-16(14)20-13-9-11(2)17(18)12(3)10-13/h5-10H,4H2,1-3H3. The van der Waals surface area contributed by atoms with Crippen LogP contribution in [0.2, 0.25) is 0 Å². The fourth-order valence-electron chi connectivity index (χ4n) is 2.07. The van der Waals surface area contributed by atoms with Gasteiger partial charge in [-0.15, -0.1) is 0 Å². The maximum absolute atomic E-state index is 11.9. The summed E-state index contributed by atoms with van der Waals surface area (Å²) in [6.45, 7) is 5.90. The number of hydrogen-bond acceptors (Lipinski definition) is 2. The van der Waals surface area contributed by atoms with Gasteiger partial charge < -0.3 is 4.74 Å². The van der Waals surface area contributed by atoms with Crippen LogP contribution in [0.5, 0.6) is 11.5 Å². The minimum atomic E-state index is 0.0890. The van der Waals surface area contributed by atoms with E-state index < -0.39 is 0 Å². The van der Waals surface area contributed by atoms with E-state index in [1.807, 2.05) is 51.1 Å². The summed E-state index contributed by atoms with van der Waals surface area (Å²) in [4.78, 5) is 11.9. The van der Waals surface area contributed by atoms with Crippen molar-refractivity contribution in [2.75, 3.05) is 0 Å². The second-order valence-electron chi connectivity index (χ2n) is 4.75. The molecule has 0 N–H and O–H groups in total. The van der Waals surface area contributed by atoms with Crippen LogP contribution in [0.15, 0.2) is 40.9 Å². The molecule has 2 aromatic carbocycles. The Kier molecular flexibility index (Phi) is 4.61. The predicted octanol–water partition coefficient (Wildman–Crippen LogP) is 5.45. The van der Waals surface area contributed by atoms with Crippen LogP contribution in [-0.2, 0) is 0 Å². The summed E-state index contributed by atoms with van der Waals surface area (Å²) in [5.41, 5.74) is 2.85. The number of benzene rings is 2. The molecule has 0 unspecified atom stereocenters. The van der Waals surface area contributed by atoms with Gasteiger partial charge in [-0.05, 0) is 49.2 Å². The molecule has 20 heavy (non-hydrogen) atoms. The average molecular weight is 333 g/mol. The van der Waals surface area contributed by atoms with Crippen LogP contribution in [0.3, 0.4) is 0 Å². The molecule has 0 aliphatic rings. The summed E-state index contributed by atoms with van der Waals surface area (Å²) in [7, 11) is 0. The molecule has 0 heterocycles. The third-order valence-corrected chi connectivity index (χ3v) is 4.40. The van der Waals surface area contributed by atoms with E-state index in [4.69, 9.17) is 4.74 Å². The van der Waals surface area contributed by atoms with Crippen molar-refractivity contribution in [3.8, 4) is 11.5 Å². The van der Waals surface area contributed by atoms with Crippen LogP contribution in [0.1, 0.15) is 34.8 Å². The van der Waals surface area contributed by atoms with E-state index in [1.54, 1.807) is 6.07 Å². The van der Waals surface area contributed by atoms with Crippen LogP contribution in [0, 0.1) is 13.8 Å². The molecule has 0 aliphatic heterocycles. The molecule has 0 amide bonds. The Balaban J connectivity index is 2.38. The van der Waals surface area contributed by atoms with Gasteiger partial charge in [0.25, 0.3) is 0 Å². The minimum Gasteiger partial charge on any atom is -0.457 e. The number of rotatable bonds is 4. The van der Waals surface area contributed by atoms with Gasteiger partial charge in [0.15, 0.2) is 5.78 Å². The molecule has 0 aromatic heterocycles. The first-order valence-corrected chi connectivity index (χ1v) is 7.39. The summed E-state index contributed by atoms with van der Waals surface area (Å²) >= 11 is 3.54. The number of Topliss-reactive ketones (excluding diaryl/α,β-unsaturated/α-hetero) is 1. The monoisotopic (exact) mass is 332 g/mol. The first-order valence-electron chi connectivity index (χ1n) is 6.59. The number of para-hydroxylation sites is 1. The highest BCUT2D eigenvalue weighted by atomic mass is 79.9. The van der Waals surface area contributed by atoms with Gasteiger partial charge in [-0.1, -0.05) is 35.0 Å². The SMILES string of the molecule is CCC(=O)c1ccccc1Oc1cc(C)c(Br)c(C)c1. The van der Waals surface area contributed by atoms with Crippen LogP contribution >= 0.6 is 15.9 Å². The number of carbonyl (C=O) groups is 1. The molecule has 0 spiro atoms. The Bertz CT molecular complexity index is 624. The van der Waals surface area contributed by atoms with Gasteiger partial charge in [0.2, 0.25) is 0 Å². The second-order valence-corrected chi connectivity index (χ2v) is 5.54. The maximum Gasteiger partial charge on any atom is 0.166 e. The molecule has 0 atom stereocenters. The van der Waals surface area contributed by atoms with Gasteiger partial charge in [0.05, 0.1) is 5.56 Å². The topological polar surface area (TPSA) is 26.3 Å². The zero-order chi connectivity index (χ0) is 14.7. The molecular formula is C17H17BrO2. The number of aryl methyl sites for hydroxylation is 2. The number of ether oxygens (including phenoxy) is 1. The summed E-state index contributed by atoms with van der Waals surface area (Å²) in [6.07, 6.45) is 0.471. The quantitative estimate of drug-likeness (QED) is 0.695. The summed E-state index contributed by atoms with van der Waals surface area (Å²) in [5, 5.41) is 0. The third-order valence-electron chi connectivity index (χ3n) is 3.15. The number of halogens is 1. The Morgan fingerprint density at radius 2 is 1.75 bits per heavy atom. The normalized spacial score (nSPS) is 10.4. The highest BCUT2D eigenvalue weighted by molar-refractivity contribution is 9.10. The molecule has 0 aliphatic carbocycles. The van der Waals surface area contributed by atoms with E-state index in [0.717, 1.165) is 21.3 Å². The van der Waals surface area contributed by atoms with Gasteiger partial charge in [-0.25, -0.2) is 0 Å². The summed E-state index contributed by atoms with van der Waals surface area (Å²) in [6, 6.07) is 11.3. The van der Waals surface area contributed by atoms with Crippen LogP contribution in [0.4, 0.5) is 0 Å². The van der Waals surface area contributed by atoms with Crippen molar-refractivity contribution >= 4 is 21.7 Å². The molecule has 3 heteroatoms. The lowest BCUT2D eigenvalue weighted by atomic mass is 10.1. The van der Waals surface area contributed by atoms with E-state index in [9.17, 15) is 4.79 Å². The van der Waals surface area contributed by atoms with Crippen LogP contribution in [-0.4, -0.2) is 5.78 Å². The lowest BCUT2D eigenvalue weighted by molar-refractivity contribution is 0.0986. The molecule has 2 aromatic rings. The van der Waals surface area contributed by atoms with E-state index in [0.29, 0.717) is 17.7 Å².